The van der Waals surface area contributed by atoms with E-state index in [9.17, 15) is 9.18 Å². The van der Waals surface area contributed by atoms with E-state index in [1.807, 2.05) is 31.2 Å². The van der Waals surface area contributed by atoms with Crippen molar-refractivity contribution in [2.75, 3.05) is 13.2 Å². The number of benzene rings is 2. The van der Waals surface area contributed by atoms with E-state index in [1.54, 1.807) is 0 Å². The van der Waals surface area contributed by atoms with E-state index in [-0.39, 0.29) is 19.0 Å². The Hall–Kier alpha value is -2.05. The molecule has 1 N–H and O–H groups in total. The Labute approximate surface area is 132 Å². The summed E-state index contributed by atoms with van der Waals surface area (Å²) in [7, 11) is 0. The lowest BCUT2D eigenvalue weighted by Gasteiger charge is -2.08. The van der Waals surface area contributed by atoms with Gasteiger partial charge in [0.1, 0.15) is 6.61 Å². The fourth-order valence-corrected chi connectivity index (χ4v) is 2.21. The highest BCUT2D eigenvalue weighted by atomic mass is 32.2. The van der Waals surface area contributed by atoms with E-state index in [1.165, 1.54) is 35.8 Å². The molecule has 0 unspecified atom stereocenters. The number of hydrogen-bond acceptors (Lipinski definition) is 4. The molecule has 0 aromatic heterocycles. The van der Waals surface area contributed by atoms with Crippen LogP contribution in [0.25, 0.3) is 0 Å². The quantitative estimate of drug-likeness (QED) is 0.618. The molecular formula is C16H15FO4S. The van der Waals surface area contributed by atoms with Gasteiger partial charge in [0.2, 0.25) is 0 Å². The van der Waals surface area contributed by atoms with Crippen LogP contribution in [0, 0.1) is 12.7 Å². The van der Waals surface area contributed by atoms with Gasteiger partial charge >= 0.3 is 5.97 Å². The monoisotopic (exact) mass is 322 g/mol. The normalized spacial score (nSPS) is 10.5. The SMILES string of the molecule is Cc1ccc(SOCCOc2cccc(C(=O)O)c2F)cc1. The van der Waals surface area contributed by atoms with Gasteiger partial charge in [0, 0.05) is 16.9 Å². The maximum absolute atomic E-state index is 13.8. The molecule has 0 spiro atoms. The first-order valence-corrected chi connectivity index (χ1v) is 7.33. The number of carboxylic acid groups (broad SMARTS) is 1. The first-order valence-electron chi connectivity index (χ1n) is 6.58. The lowest BCUT2D eigenvalue weighted by molar-refractivity contribution is 0.0690. The molecule has 0 aliphatic heterocycles. The van der Waals surface area contributed by atoms with E-state index >= 15 is 0 Å². The van der Waals surface area contributed by atoms with E-state index < -0.39 is 17.3 Å². The van der Waals surface area contributed by atoms with Gasteiger partial charge in [-0.15, -0.1) is 0 Å². The third-order valence-electron chi connectivity index (χ3n) is 2.79. The number of ether oxygens (including phenoxy) is 1. The smallest absolute Gasteiger partial charge is 0.338 e. The van der Waals surface area contributed by atoms with Gasteiger partial charge in [0.05, 0.1) is 12.2 Å². The van der Waals surface area contributed by atoms with Crippen LogP contribution in [0.1, 0.15) is 15.9 Å². The zero-order chi connectivity index (χ0) is 15.9. The van der Waals surface area contributed by atoms with Crippen molar-refractivity contribution in [3.63, 3.8) is 0 Å². The second-order valence-electron chi connectivity index (χ2n) is 4.49. The molecule has 6 heteroatoms. The molecule has 0 amide bonds. The summed E-state index contributed by atoms with van der Waals surface area (Å²) < 4.78 is 24.3. The van der Waals surface area contributed by atoms with Gasteiger partial charge in [0.25, 0.3) is 0 Å². The summed E-state index contributed by atoms with van der Waals surface area (Å²) in [5, 5.41) is 8.82. The topological polar surface area (TPSA) is 55.8 Å². The Kier molecular flexibility index (Phi) is 5.80. The highest BCUT2D eigenvalue weighted by molar-refractivity contribution is 7.94. The van der Waals surface area contributed by atoms with Gasteiger partial charge in [-0.25, -0.2) is 9.18 Å². The zero-order valence-electron chi connectivity index (χ0n) is 11.9. The minimum Gasteiger partial charge on any atom is -0.488 e. The molecule has 0 aliphatic rings. The predicted molar refractivity (Wildman–Crippen MR) is 81.8 cm³/mol. The van der Waals surface area contributed by atoms with E-state index in [2.05, 4.69) is 0 Å². The molecule has 22 heavy (non-hydrogen) atoms. The predicted octanol–water partition coefficient (Wildman–Crippen LogP) is 3.94. The molecule has 0 aliphatic carbocycles. The average Bonchev–Trinajstić information content (AvgIpc) is 2.50. The minimum atomic E-state index is -1.32. The Bertz CT molecular complexity index is 643. The standard InChI is InChI=1S/C16H15FO4S/c1-11-5-7-12(8-6-11)22-21-10-9-20-14-4-2-3-13(15(14)17)16(18)19/h2-8H,9-10H2,1H3,(H,18,19). The number of rotatable bonds is 7. The molecule has 2 rings (SSSR count). The van der Waals surface area contributed by atoms with Crippen molar-refractivity contribution < 1.29 is 23.2 Å². The third kappa shape index (κ3) is 4.47. The number of hydrogen-bond donors (Lipinski definition) is 1. The summed E-state index contributed by atoms with van der Waals surface area (Å²) in [4.78, 5) is 11.8. The van der Waals surface area contributed by atoms with Crippen LogP contribution in [0.15, 0.2) is 47.4 Å². The van der Waals surface area contributed by atoms with Crippen molar-refractivity contribution >= 4 is 18.0 Å². The Morgan fingerprint density at radius 2 is 1.91 bits per heavy atom. The first-order chi connectivity index (χ1) is 10.6. The highest BCUT2D eigenvalue weighted by Gasteiger charge is 2.14. The molecule has 0 fully saturated rings. The number of carbonyl (C=O) groups is 1. The largest absolute Gasteiger partial charge is 0.488 e. The molecule has 116 valence electrons. The average molecular weight is 322 g/mol. The van der Waals surface area contributed by atoms with Crippen LogP contribution in [-0.2, 0) is 4.18 Å². The van der Waals surface area contributed by atoms with Crippen LogP contribution < -0.4 is 4.74 Å². The second kappa shape index (κ2) is 7.82. The fraction of sp³-hybridized carbons (Fsp3) is 0.188. The van der Waals surface area contributed by atoms with Crippen LogP contribution in [-0.4, -0.2) is 24.3 Å². The fourth-order valence-electron chi connectivity index (χ4n) is 1.68. The van der Waals surface area contributed by atoms with Crippen molar-refractivity contribution in [3.8, 4) is 5.75 Å². The van der Waals surface area contributed by atoms with Crippen molar-refractivity contribution in [2.45, 2.75) is 11.8 Å². The molecule has 0 saturated heterocycles. The van der Waals surface area contributed by atoms with E-state index in [0.29, 0.717) is 0 Å². The molecule has 2 aromatic carbocycles. The van der Waals surface area contributed by atoms with Gasteiger partial charge in [-0.1, -0.05) is 23.8 Å². The van der Waals surface area contributed by atoms with Crippen molar-refractivity contribution in [1.82, 2.24) is 0 Å². The number of aromatic carboxylic acids is 1. The van der Waals surface area contributed by atoms with Crippen LogP contribution in [0.5, 0.6) is 5.75 Å². The summed E-state index contributed by atoms with van der Waals surface area (Å²) in [6, 6.07) is 11.9. The molecule has 0 heterocycles. The van der Waals surface area contributed by atoms with Crippen LogP contribution >= 0.6 is 12.0 Å². The van der Waals surface area contributed by atoms with Crippen molar-refractivity contribution in [2.24, 2.45) is 0 Å². The van der Waals surface area contributed by atoms with Gasteiger partial charge in [-0.05, 0) is 31.2 Å². The van der Waals surface area contributed by atoms with Gasteiger partial charge in [0.15, 0.2) is 11.6 Å². The van der Waals surface area contributed by atoms with Crippen molar-refractivity contribution in [1.29, 1.82) is 0 Å². The Morgan fingerprint density at radius 1 is 1.18 bits per heavy atom. The van der Waals surface area contributed by atoms with Crippen molar-refractivity contribution in [3.05, 3.63) is 59.4 Å². The molecule has 0 saturated carbocycles. The first kappa shape index (κ1) is 16.3. The molecule has 0 atom stereocenters. The van der Waals surface area contributed by atoms with Gasteiger partial charge in [-0.3, -0.25) is 0 Å². The maximum Gasteiger partial charge on any atom is 0.338 e. The third-order valence-corrected chi connectivity index (χ3v) is 3.54. The summed E-state index contributed by atoms with van der Waals surface area (Å²) >= 11 is 1.21. The lowest BCUT2D eigenvalue weighted by Crippen LogP contribution is -2.07. The number of carboxylic acids is 1. The number of aryl methyl sites for hydroxylation is 1. The van der Waals surface area contributed by atoms with Crippen LogP contribution in [0.2, 0.25) is 0 Å². The molecular weight excluding hydrogens is 307 g/mol. The molecule has 4 nitrogen and oxygen atoms in total. The minimum absolute atomic E-state index is 0.0937. The molecule has 2 aromatic rings. The lowest BCUT2D eigenvalue weighted by atomic mass is 10.2. The van der Waals surface area contributed by atoms with E-state index in [0.717, 1.165) is 4.90 Å². The highest BCUT2D eigenvalue weighted by Crippen LogP contribution is 2.21. The van der Waals surface area contributed by atoms with Gasteiger partial charge < -0.3 is 14.0 Å². The van der Waals surface area contributed by atoms with Crippen LogP contribution in [0.4, 0.5) is 4.39 Å². The summed E-state index contributed by atoms with van der Waals surface area (Å²) in [5.74, 6) is -2.29. The Balaban J connectivity index is 1.78. The number of halogens is 1. The van der Waals surface area contributed by atoms with E-state index in [4.69, 9.17) is 14.0 Å². The Morgan fingerprint density at radius 3 is 2.59 bits per heavy atom. The second-order valence-corrected chi connectivity index (χ2v) is 5.36. The van der Waals surface area contributed by atoms with Gasteiger partial charge in [-0.2, -0.15) is 0 Å². The molecule has 0 bridgehead atoms. The summed E-state index contributed by atoms with van der Waals surface area (Å²) in [6.45, 7) is 2.37. The summed E-state index contributed by atoms with van der Waals surface area (Å²) in [5.41, 5.74) is 0.758. The molecule has 0 radical (unpaired) electrons. The summed E-state index contributed by atoms with van der Waals surface area (Å²) in [6.07, 6.45) is 0. The maximum atomic E-state index is 13.8. The zero-order valence-corrected chi connectivity index (χ0v) is 12.7. The van der Waals surface area contributed by atoms with Crippen LogP contribution in [0.3, 0.4) is 0 Å².